The highest BCUT2D eigenvalue weighted by atomic mass is 16.5. The quantitative estimate of drug-likeness (QED) is 0.915. The van der Waals surface area contributed by atoms with Crippen LogP contribution in [0, 0.1) is 5.92 Å². The van der Waals surface area contributed by atoms with Gasteiger partial charge in [-0.3, -0.25) is 9.59 Å². The predicted octanol–water partition coefficient (Wildman–Crippen LogP) is 3.06. The number of hydrogen-bond acceptors (Lipinski definition) is 4. The van der Waals surface area contributed by atoms with Crippen molar-refractivity contribution < 1.29 is 14.1 Å². The van der Waals surface area contributed by atoms with E-state index < -0.39 is 5.91 Å². The van der Waals surface area contributed by atoms with E-state index in [0.717, 1.165) is 42.7 Å². The van der Waals surface area contributed by atoms with Crippen LogP contribution in [0.3, 0.4) is 0 Å². The third-order valence-electron chi connectivity index (χ3n) is 4.58. The Hall–Kier alpha value is -2.76. The highest BCUT2D eigenvalue weighted by Gasteiger charge is 2.29. The highest BCUT2D eigenvalue weighted by molar-refractivity contribution is 6.13. The number of carbonyl (C=O) groups is 2. The zero-order valence-electron chi connectivity index (χ0n) is 14.0. The SMILES string of the molecule is CCCC1=CC(=O)NC2=CC(=NC(=O)c3cc(C4CC4)on3)C=CC12. The monoisotopic (exact) mass is 337 g/mol. The Morgan fingerprint density at radius 3 is 3.00 bits per heavy atom. The maximum absolute atomic E-state index is 12.3. The molecule has 2 aliphatic carbocycles. The molecule has 0 radical (unpaired) electrons. The van der Waals surface area contributed by atoms with E-state index in [2.05, 4.69) is 22.4 Å². The van der Waals surface area contributed by atoms with Gasteiger partial charge in [0.15, 0.2) is 5.69 Å². The molecule has 6 heteroatoms. The van der Waals surface area contributed by atoms with Crippen molar-refractivity contribution in [3.63, 3.8) is 0 Å². The van der Waals surface area contributed by atoms with Crippen molar-refractivity contribution in [1.29, 1.82) is 0 Å². The molecule has 2 heterocycles. The summed E-state index contributed by atoms with van der Waals surface area (Å²) in [5.41, 5.74) is 2.58. The fourth-order valence-corrected chi connectivity index (χ4v) is 3.18. The van der Waals surface area contributed by atoms with Crippen molar-refractivity contribution in [2.24, 2.45) is 10.9 Å². The summed E-state index contributed by atoms with van der Waals surface area (Å²) in [6.45, 7) is 2.09. The second-order valence-electron chi connectivity index (χ2n) is 6.63. The first kappa shape index (κ1) is 15.7. The number of aromatic nitrogens is 1. The molecule has 0 bridgehead atoms. The summed E-state index contributed by atoms with van der Waals surface area (Å²) in [6.07, 6.45) is 11.2. The van der Waals surface area contributed by atoms with E-state index in [0.29, 0.717) is 11.6 Å². The molecule has 128 valence electrons. The third-order valence-corrected chi connectivity index (χ3v) is 4.58. The summed E-state index contributed by atoms with van der Waals surface area (Å²) in [5.74, 6) is 0.658. The van der Waals surface area contributed by atoms with E-state index in [1.807, 2.05) is 12.2 Å². The summed E-state index contributed by atoms with van der Waals surface area (Å²) in [7, 11) is 0. The molecule has 0 saturated heterocycles. The third kappa shape index (κ3) is 3.24. The van der Waals surface area contributed by atoms with Crippen LogP contribution in [0.2, 0.25) is 0 Å². The van der Waals surface area contributed by atoms with Crippen LogP contribution in [0.4, 0.5) is 0 Å². The molecule has 2 amide bonds. The van der Waals surface area contributed by atoms with Crippen molar-refractivity contribution in [3.8, 4) is 0 Å². The van der Waals surface area contributed by atoms with E-state index in [1.54, 1.807) is 18.2 Å². The average molecular weight is 337 g/mol. The molecule has 25 heavy (non-hydrogen) atoms. The van der Waals surface area contributed by atoms with Gasteiger partial charge in [0.25, 0.3) is 5.91 Å². The summed E-state index contributed by atoms with van der Waals surface area (Å²) < 4.78 is 5.20. The number of rotatable bonds is 4. The summed E-state index contributed by atoms with van der Waals surface area (Å²) in [6, 6.07) is 1.68. The lowest BCUT2D eigenvalue weighted by Crippen LogP contribution is -2.33. The minimum Gasteiger partial charge on any atom is -0.360 e. The zero-order valence-corrected chi connectivity index (χ0v) is 14.0. The zero-order chi connectivity index (χ0) is 17.4. The van der Waals surface area contributed by atoms with E-state index in [-0.39, 0.29) is 17.5 Å². The molecule has 1 atom stereocenters. The van der Waals surface area contributed by atoms with Gasteiger partial charge >= 0.3 is 0 Å². The molecule has 1 aliphatic heterocycles. The van der Waals surface area contributed by atoms with Crippen LogP contribution in [-0.2, 0) is 4.79 Å². The number of allylic oxidation sites excluding steroid dienone is 3. The first-order valence-corrected chi connectivity index (χ1v) is 8.65. The minimum absolute atomic E-state index is 0.0558. The van der Waals surface area contributed by atoms with Gasteiger partial charge in [-0.1, -0.05) is 30.2 Å². The fraction of sp³-hybridized carbons (Fsp3) is 0.368. The van der Waals surface area contributed by atoms with Gasteiger partial charge in [-0.2, -0.15) is 0 Å². The molecule has 0 aromatic carbocycles. The van der Waals surface area contributed by atoms with Gasteiger partial charge in [-0.25, -0.2) is 4.99 Å². The summed E-state index contributed by atoms with van der Waals surface area (Å²) >= 11 is 0. The Morgan fingerprint density at radius 1 is 1.40 bits per heavy atom. The van der Waals surface area contributed by atoms with Crippen molar-refractivity contribution >= 4 is 17.5 Å². The van der Waals surface area contributed by atoms with Crippen molar-refractivity contribution in [3.05, 3.63) is 53.1 Å². The molecule has 4 rings (SSSR count). The largest absolute Gasteiger partial charge is 0.360 e. The Morgan fingerprint density at radius 2 is 2.24 bits per heavy atom. The number of hydrogen-bond donors (Lipinski definition) is 1. The molecule has 1 unspecified atom stereocenters. The molecule has 1 saturated carbocycles. The van der Waals surface area contributed by atoms with Crippen LogP contribution < -0.4 is 5.32 Å². The van der Waals surface area contributed by atoms with Crippen LogP contribution in [0.1, 0.15) is 54.8 Å². The fourth-order valence-electron chi connectivity index (χ4n) is 3.18. The van der Waals surface area contributed by atoms with Crippen LogP contribution in [0.15, 0.2) is 51.2 Å². The molecular weight excluding hydrogens is 318 g/mol. The number of carbonyl (C=O) groups excluding carboxylic acids is 2. The molecule has 1 fully saturated rings. The molecule has 1 N–H and O–H groups in total. The van der Waals surface area contributed by atoms with Crippen molar-refractivity contribution in [2.75, 3.05) is 0 Å². The van der Waals surface area contributed by atoms with Gasteiger partial charge in [0.2, 0.25) is 5.91 Å². The van der Waals surface area contributed by atoms with E-state index >= 15 is 0 Å². The standard InChI is InChI=1S/C19H19N3O3/c1-2-3-12-8-18(23)21-15-9-13(6-7-14(12)15)20-19(24)16-10-17(25-22-16)11-4-5-11/h6-11,14H,2-5H2,1H3,(H,21,23). The molecular formula is C19H19N3O3. The van der Waals surface area contributed by atoms with Gasteiger partial charge in [0, 0.05) is 29.7 Å². The Kier molecular flexibility index (Phi) is 3.95. The topological polar surface area (TPSA) is 84.6 Å². The average Bonchev–Trinajstić information content (AvgIpc) is 3.31. The maximum Gasteiger partial charge on any atom is 0.299 e. The number of amides is 2. The number of nitrogens with zero attached hydrogens (tertiary/aromatic N) is 2. The second kappa shape index (κ2) is 6.27. The first-order valence-electron chi connectivity index (χ1n) is 8.65. The Labute approximate surface area is 145 Å². The predicted molar refractivity (Wildman–Crippen MR) is 92.1 cm³/mol. The smallest absolute Gasteiger partial charge is 0.299 e. The number of aliphatic imine (C=N–C) groups is 1. The number of fused-ring (bicyclic) bond motifs is 1. The molecule has 1 aromatic heterocycles. The van der Waals surface area contributed by atoms with Gasteiger partial charge in [-0.05, 0) is 31.4 Å². The maximum atomic E-state index is 12.3. The van der Waals surface area contributed by atoms with Gasteiger partial charge in [-0.15, -0.1) is 0 Å². The van der Waals surface area contributed by atoms with Crippen molar-refractivity contribution in [2.45, 2.75) is 38.5 Å². The van der Waals surface area contributed by atoms with Crippen LogP contribution >= 0.6 is 0 Å². The Bertz CT molecular complexity index is 853. The highest BCUT2D eigenvalue weighted by Crippen LogP contribution is 2.40. The minimum atomic E-state index is -0.433. The lowest BCUT2D eigenvalue weighted by Gasteiger charge is -2.27. The lowest BCUT2D eigenvalue weighted by atomic mass is 9.85. The van der Waals surface area contributed by atoms with Gasteiger partial charge in [0.05, 0.1) is 5.71 Å². The molecule has 0 spiro atoms. The van der Waals surface area contributed by atoms with Crippen LogP contribution in [-0.4, -0.2) is 22.7 Å². The molecule has 1 aromatic rings. The number of nitrogens with one attached hydrogen (secondary N) is 1. The van der Waals surface area contributed by atoms with E-state index in [4.69, 9.17) is 4.52 Å². The van der Waals surface area contributed by atoms with E-state index in [9.17, 15) is 9.59 Å². The second-order valence-corrected chi connectivity index (χ2v) is 6.63. The van der Waals surface area contributed by atoms with Crippen LogP contribution in [0.25, 0.3) is 0 Å². The summed E-state index contributed by atoms with van der Waals surface area (Å²) in [4.78, 5) is 28.2. The molecule has 3 aliphatic rings. The Balaban J connectivity index is 1.55. The molecule has 6 nitrogen and oxygen atoms in total. The normalized spacial score (nSPS) is 23.8. The summed E-state index contributed by atoms with van der Waals surface area (Å²) in [5, 5.41) is 6.66. The van der Waals surface area contributed by atoms with E-state index in [1.165, 1.54) is 0 Å². The van der Waals surface area contributed by atoms with Gasteiger partial charge in [0.1, 0.15) is 5.76 Å². The first-order chi connectivity index (χ1) is 12.1. The lowest BCUT2D eigenvalue weighted by molar-refractivity contribution is -0.116. The van der Waals surface area contributed by atoms with Gasteiger partial charge < -0.3 is 9.84 Å². The van der Waals surface area contributed by atoms with Crippen molar-refractivity contribution in [1.82, 2.24) is 10.5 Å². The van der Waals surface area contributed by atoms with Crippen LogP contribution in [0.5, 0.6) is 0 Å².